The number of hydrazone groups is 1. The molecule has 0 aromatic heterocycles. The number of hydrogen-bond acceptors (Lipinski definition) is 9. The molecule has 47 heavy (non-hydrogen) atoms. The van der Waals surface area contributed by atoms with Crippen LogP contribution in [0.2, 0.25) is 5.02 Å². The van der Waals surface area contributed by atoms with Crippen molar-refractivity contribution < 1.29 is 37.0 Å². The van der Waals surface area contributed by atoms with Crippen molar-refractivity contribution >= 4 is 51.0 Å². The number of nitrogens with zero attached hydrogens (tertiary/aromatic N) is 2. The van der Waals surface area contributed by atoms with Crippen LogP contribution in [0.3, 0.4) is 0 Å². The van der Waals surface area contributed by atoms with Gasteiger partial charge >= 0.3 is 0 Å². The third kappa shape index (κ3) is 9.61. The van der Waals surface area contributed by atoms with Crippen molar-refractivity contribution in [2.75, 3.05) is 43.6 Å². The van der Waals surface area contributed by atoms with Gasteiger partial charge in [0.25, 0.3) is 21.8 Å². The minimum absolute atomic E-state index is 0.107. The number of sulfonamides is 1. The molecule has 0 saturated carbocycles. The maximum absolute atomic E-state index is 13.8. The standard InChI is InChI=1S/C33H33ClN4O8S/c1-4-45-27-14-10-26(11-15-27)38(47(41,42)29-16-17-30(43-2)31(19-29)44-3)21-32(39)37-35-20-23-8-12-28(13-9-23)46-22-33(40)36-25-7-5-6-24(34)18-25/h5-20H,4,21-22H2,1-3H3,(H,36,40)(H,37,39)/b35-20-. The van der Waals surface area contributed by atoms with E-state index in [1.54, 1.807) is 72.8 Å². The van der Waals surface area contributed by atoms with Gasteiger partial charge in [0.2, 0.25) is 0 Å². The van der Waals surface area contributed by atoms with E-state index in [9.17, 15) is 18.0 Å². The molecular weight excluding hydrogens is 648 g/mol. The van der Waals surface area contributed by atoms with E-state index in [0.29, 0.717) is 40.1 Å². The minimum Gasteiger partial charge on any atom is -0.494 e. The summed E-state index contributed by atoms with van der Waals surface area (Å²) in [6.45, 7) is 1.48. The second-order valence-electron chi connectivity index (χ2n) is 9.66. The molecule has 0 saturated heterocycles. The lowest BCUT2D eigenvalue weighted by atomic mass is 10.2. The normalized spacial score (nSPS) is 11.1. The van der Waals surface area contributed by atoms with Crippen molar-refractivity contribution in [2.45, 2.75) is 11.8 Å². The molecule has 0 atom stereocenters. The fourth-order valence-corrected chi connectivity index (χ4v) is 5.83. The summed E-state index contributed by atoms with van der Waals surface area (Å²) >= 11 is 5.94. The molecule has 0 bridgehead atoms. The Labute approximate surface area is 277 Å². The molecule has 0 unspecified atom stereocenters. The number of amides is 2. The number of rotatable bonds is 15. The number of halogens is 1. The van der Waals surface area contributed by atoms with E-state index in [1.807, 2.05) is 6.92 Å². The van der Waals surface area contributed by atoms with Gasteiger partial charge < -0.3 is 24.3 Å². The molecule has 4 rings (SSSR count). The summed E-state index contributed by atoms with van der Waals surface area (Å²) < 4.78 is 50.1. The first kappa shape index (κ1) is 34.6. The first-order valence-electron chi connectivity index (χ1n) is 14.2. The molecule has 0 spiro atoms. The van der Waals surface area contributed by atoms with Gasteiger partial charge in [0.05, 0.1) is 37.6 Å². The van der Waals surface area contributed by atoms with Crippen molar-refractivity contribution in [1.29, 1.82) is 0 Å². The summed E-state index contributed by atoms with van der Waals surface area (Å²) in [7, 11) is -1.41. The van der Waals surface area contributed by atoms with Gasteiger partial charge in [-0.05, 0) is 91.3 Å². The Morgan fingerprint density at radius 3 is 2.19 bits per heavy atom. The molecule has 12 nitrogen and oxygen atoms in total. The lowest BCUT2D eigenvalue weighted by Gasteiger charge is -2.24. The van der Waals surface area contributed by atoms with E-state index in [0.717, 1.165) is 4.31 Å². The van der Waals surface area contributed by atoms with Crippen LogP contribution in [-0.2, 0) is 19.6 Å². The molecule has 2 amide bonds. The predicted octanol–water partition coefficient (Wildman–Crippen LogP) is 5.12. The quantitative estimate of drug-likeness (QED) is 0.130. The summed E-state index contributed by atoms with van der Waals surface area (Å²) in [6, 6.07) is 23.9. The largest absolute Gasteiger partial charge is 0.494 e. The van der Waals surface area contributed by atoms with Gasteiger partial charge in [-0.3, -0.25) is 13.9 Å². The fourth-order valence-electron chi connectivity index (χ4n) is 4.20. The van der Waals surface area contributed by atoms with Gasteiger partial charge in [-0.1, -0.05) is 17.7 Å². The van der Waals surface area contributed by atoms with Crippen LogP contribution in [0.15, 0.2) is 101 Å². The third-order valence-electron chi connectivity index (χ3n) is 6.43. The molecule has 4 aromatic carbocycles. The second-order valence-corrected chi connectivity index (χ2v) is 12.0. The summed E-state index contributed by atoms with van der Waals surface area (Å²) in [5.41, 5.74) is 3.78. The molecule has 0 aliphatic carbocycles. The topological polar surface area (TPSA) is 145 Å². The number of carbonyl (C=O) groups is 2. The van der Waals surface area contributed by atoms with Crippen LogP contribution in [0.25, 0.3) is 0 Å². The summed E-state index contributed by atoms with van der Waals surface area (Å²) in [5.74, 6) is 0.513. The van der Waals surface area contributed by atoms with Crippen LogP contribution < -0.4 is 34.0 Å². The average Bonchev–Trinajstić information content (AvgIpc) is 3.07. The maximum Gasteiger partial charge on any atom is 0.264 e. The number of hydrogen-bond donors (Lipinski definition) is 2. The van der Waals surface area contributed by atoms with Crippen molar-refractivity contribution in [3.05, 3.63) is 102 Å². The Hall–Kier alpha value is -5.27. The second kappa shape index (κ2) is 16.3. The van der Waals surface area contributed by atoms with Crippen molar-refractivity contribution in [2.24, 2.45) is 5.10 Å². The molecule has 4 aromatic rings. The highest BCUT2D eigenvalue weighted by Crippen LogP contribution is 2.32. The van der Waals surface area contributed by atoms with E-state index < -0.39 is 22.5 Å². The lowest BCUT2D eigenvalue weighted by Crippen LogP contribution is -2.39. The maximum atomic E-state index is 13.8. The molecule has 0 heterocycles. The average molecular weight is 681 g/mol. The number of nitrogens with one attached hydrogen (secondary N) is 2. The highest BCUT2D eigenvalue weighted by molar-refractivity contribution is 7.92. The summed E-state index contributed by atoms with van der Waals surface area (Å²) in [4.78, 5) is 25.0. The number of methoxy groups -OCH3 is 2. The molecule has 14 heteroatoms. The van der Waals surface area contributed by atoms with Gasteiger partial charge in [-0.15, -0.1) is 0 Å². The van der Waals surface area contributed by atoms with E-state index in [4.69, 9.17) is 30.5 Å². The van der Waals surface area contributed by atoms with Crippen LogP contribution in [0.4, 0.5) is 11.4 Å². The van der Waals surface area contributed by atoms with Crippen molar-refractivity contribution in [3.63, 3.8) is 0 Å². The molecule has 0 aliphatic rings. The Kier molecular flexibility index (Phi) is 12.0. The molecular formula is C33H33ClN4O8S. The number of benzene rings is 4. The van der Waals surface area contributed by atoms with Crippen LogP contribution in [0.5, 0.6) is 23.0 Å². The molecule has 2 N–H and O–H groups in total. The Morgan fingerprint density at radius 1 is 0.851 bits per heavy atom. The monoisotopic (exact) mass is 680 g/mol. The first-order chi connectivity index (χ1) is 22.6. The summed E-state index contributed by atoms with van der Waals surface area (Å²) in [6.07, 6.45) is 1.39. The number of carbonyl (C=O) groups excluding carboxylic acids is 2. The Morgan fingerprint density at radius 2 is 1.53 bits per heavy atom. The number of ether oxygens (including phenoxy) is 4. The Bertz CT molecular complexity index is 1820. The Balaban J connectivity index is 1.41. The van der Waals surface area contributed by atoms with Gasteiger partial charge in [0.1, 0.15) is 18.0 Å². The predicted molar refractivity (Wildman–Crippen MR) is 179 cm³/mol. The zero-order chi connectivity index (χ0) is 33.8. The van der Waals surface area contributed by atoms with Crippen molar-refractivity contribution in [1.82, 2.24) is 5.43 Å². The SMILES string of the molecule is CCOc1ccc(N(CC(=O)N/N=C\c2ccc(OCC(=O)Nc3cccc(Cl)c3)cc2)S(=O)(=O)c2ccc(OC)c(OC)c2)cc1. The lowest BCUT2D eigenvalue weighted by molar-refractivity contribution is -0.119. The summed E-state index contributed by atoms with van der Waals surface area (Å²) in [5, 5.41) is 7.17. The zero-order valence-electron chi connectivity index (χ0n) is 25.8. The molecule has 0 radical (unpaired) electrons. The van der Waals surface area contributed by atoms with Gasteiger partial charge in [0.15, 0.2) is 18.1 Å². The van der Waals surface area contributed by atoms with Gasteiger partial charge in [-0.2, -0.15) is 5.10 Å². The molecule has 246 valence electrons. The van der Waals surface area contributed by atoms with Crippen LogP contribution >= 0.6 is 11.6 Å². The van der Waals surface area contributed by atoms with Crippen LogP contribution in [0.1, 0.15) is 12.5 Å². The minimum atomic E-state index is -4.25. The zero-order valence-corrected chi connectivity index (χ0v) is 27.4. The van der Waals surface area contributed by atoms with E-state index in [1.165, 1.54) is 38.6 Å². The van der Waals surface area contributed by atoms with E-state index >= 15 is 0 Å². The van der Waals surface area contributed by atoms with Gasteiger partial charge in [-0.25, -0.2) is 13.8 Å². The van der Waals surface area contributed by atoms with E-state index in [2.05, 4.69) is 15.8 Å². The number of anilines is 2. The highest BCUT2D eigenvalue weighted by atomic mass is 35.5. The van der Waals surface area contributed by atoms with Crippen molar-refractivity contribution in [3.8, 4) is 23.0 Å². The molecule has 0 aliphatic heterocycles. The van der Waals surface area contributed by atoms with E-state index in [-0.39, 0.29) is 28.8 Å². The molecule has 0 fully saturated rings. The van der Waals surface area contributed by atoms with Gasteiger partial charge in [0, 0.05) is 16.8 Å². The highest BCUT2D eigenvalue weighted by Gasteiger charge is 2.28. The fraction of sp³-hybridized carbons (Fsp3) is 0.182. The smallest absolute Gasteiger partial charge is 0.264 e. The van der Waals surface area contributed by atoms with Crippen LogP contribution in [0, 0.1) is 0 Å². The third-order valence-corrected chi connectivity index (χ3v) is 8.43. The first-order valence-corrected chi connectivity index (χ1v) is 16.0. The van der Waals surface area contributed by atoms with Crippen LogP contribution in [-0.4, -0.2) is 60.4 Å².